The Balaban J connectivity index is 4.56. The minimum Gasteiger partial charge on any atom is -0.358 e. The minimum atomic E-state index is 1.01. The monoisotopic (exact) mass is 232 g/mol. The summed E-state index contributed by atoms with van der Waals surface area (Å²) in [5.41, 5.74) is 1.72. The van der Waals surface area contributed by atoms with Crippen molar-refractivity contribution in [1.29, 1.82) is 0 Å². The van der Waals surface area contributed by atoms with E-state index >= 15 is 0 Å². The molecule has 2 nitrogen and oxygen atoms in total. The second-order valence-corrected chi connectivity index (χ2v) is 3.84. The van der Waals surface area contributed by atoms with E-state index in [4.69, 9.17) is 11.6 Å². The van der Waals surface area contributed by atoms with Crippen molar-refractivity contribution < 1.29 is 0 Å². The van der Waals surface area contributed by atoms with E-state index in [9.17, 15) is 0 Å². The van der Waals surface area contributed by atoms with E-state index in [1.165, 1.54) is 5.82 Å². The number of halogens is 1. The molecule has 15 heavy (non-hydrogen) atoms. The van der Waals surface area contributed by atoms with E-state index in [2.05, 4.69) is 37.5 Å². The number of rotatable bonds is 8. The summed E-state index contributed by atoms with van der Waals surface area (Å²) in [5, 5.41) is 0. The summed E-state index contributed by atoms with van der Waals surface area (Å²) in [7, 11) is 0. The Bertz CT molecular complexity index is 170. The summed E-state index contributed by atoms with van der Waals surface area (Å²) >= 11 is 5.94. The van der Waals surface area contributed by atoms with Crippen LogP contribution in [0.1, 0.15) is 40.5 Å². The molecule has 0 aliphatic heterocycles. The lowest BCUT2D eigenvalue weighted by Crippen LogP contribution is -2.36. The molecule has 0 saturated carbocycles. The van der Waals surface area contributed by atoms with Crippen molar-refractivity contribution in [3.05, 3.63) is 11.4 Å². The predicted molar refractivity (Wildman–Crippen MR) is 69.0 cm³/mol. The van der Waals surface area contributed by atoms with Gasteiger partial charge in [-0.15, -0.1) is 0 Å². The number of nitrogens with zero attached hydrogens (tertiary/aromatic N) is 2. The van der Waals surface area contributed by atoms with Crippen LogP contribution in [0.3, 0.4) is 0 Å². The summed E-state index contributed by atoms with van der Waals surface area (Å²) in [6.45, 7) is 12.9. The van der Waals surface area contributed by atoms with Crippen LogP contribution in [-0.2, 0) is 0 Å². The van der Waals surface area contributed by atoms with Gasteiger partial charge in [-0.3, -0.25) is 0 Å². The van der Waals surface area contributed by atoms with Gasteiger partial charge in [-0.2, -0.15) is 0 Å². The highest BCUT2D eigenvalue weighted by molar-refractivity contribution is 6.25. The Morgan fingerprint density at radius 2 is 1.40 bits per heavy atom. The van der Waals surface area contributed by atoms with Gasteiger partial charge < -0.3 is 9.80 Å². The molecule has 0 aliphatic carbocycles. The van der Waals surface area contributed by atoms with E-state index in [0.717, 1.165) is 39.0 Å². The molecule has 0 atom stereocenters. The van der Waals surface area contributed by atoms with Gasteiger partial charge in [-0.1, -0.05) is 25.4 Å². The second-order valence-electron chi connectivity index (χ2n) is 3.63. The molecule has 0 radical (unpaired) electrons. The van der Waals surface area contributed by atoms with Crippen LogP contribution < -0.4 is 0 Å². The first-order chi connectivity index (χ1) is 7.24. The van der Waals surface area contributed by atoms with E-state index in [1.807, 2.05) is 0 Å². The quantitative estimate of drug-likeness (QED) is 0.632. The van der Waals surface area contributed by atoms with Crippen molar-refractivity contribution in [3.63, 3.8) is 0 Å². The Hall–Kier alpha value is -0.370. The average molecular weight is 233 g/mol. The van der Waals surface area contributed by atoms with Gasteiger partial charge in [0.1, 0.15) is 5.82 Å². The van der Waals surface area contributed by atoms with Crippen molar-refractivity contribution >= 4 is 11.6 Å². The van der Waals surface area contributed by atoms with Crippen LogP contribution >= 0.6 is 11.6 Å². The van der Waals surface area contributed by atoms with Gasteiger partial charge in [0, 0.05) is 31.7 Å². The van der Waals surface area contributed by atoms with Crippen molar-refractivity contribution in [2.45, 2.75) is 40.5 Å². The van der Waals surface area contributed by atoms with Crippen molar-refractivity contribution in [2.24, 2.45) is 0 Å². The molecular weight excluding hydrogens is 208 g/mol. The third-order valence-electron chi connectivity index (χ3n) is 2.50. The largest absolute Gasteiger partial charge is 0.358 e. The van der Waals surface area contributed by atoms with Crippen LogP contribution in [0.2, 0.25) is 0 Å². The van der Waals surface area contributed by atoms with Crippen LogP contribution in [0.4, 0.5) is 0 Å². The van der Waals surface area contributed by atoms with Gasteiger partial charge in [0.15, 0.2) is 0 Å². The smallest absolute Gasteiger partial charge is 0.115 e. The molecule has 0 spiro atoms. The van der Waals surface area contributed by atoms with Crippen LogP contribution in [0.15, 0.2) is 11.4 Å². The summed E-state index contributed by atoms with van der Waals surface area (Å²) in [4.78, 5) is 4.68. The zero-order valence-electron chi connectivity index (χ0n) is 10.6. The van der Waals surface area contributed by atoms with Crippen LogP contribution in [0.25, 0.3) is 0 Å². The standard InChI is InChI=1S/C12H25ClN2/c1-5-9-15(10-6-2)12(11-13)14(7-3)8-4/h11H,5-10H2,1-4H3/b12-11+. The Morgan fingerprint density at radius 3 is 1.67 bits per heavy atom. The third-order valence-corrected chi connectivity index (χ3v) is 2.69. The fraction of sp³-hybridized carbons (Fsp3) is 0.833. The van der Waals surface area contributed by atoms with Crippen LogP contribution in [0, 0.1) is 0 Å². The van der Waals surface area contributed by atoms with E-state index in [0.29, 0.717) is 0 Å². The molecule has 0 bridgehead atoms. The molecule has 0 heterocycles. The molecule has 0 aromatic heterocycles. The zero-order valence-corrected chi connectivity index (χ0v) is 11.3. The van der Waals surface area contributed by atoms with Crippen molar-refractivity contribution in [2.75, 3.05) is 26.2 Å². The topological polar surface area (TPSA) is 6.48 Å². The normalized spacial score (nSPS) is 11.7. The van der Waals surface area contributed by atoms with E-state index in [1.54, 1.807) is 5.54 Å². The lowest BCUT2D eigenvalue weighted by molar-refractivity contribution is 0.221. The third kappa shape index (κ3) is 4.78. The van der Waals surface area contributed by atoms with Gasteiger partial charge in [0.05, 0.1) is 0 Å². The Morgan fingerprint density at radius 1 is 0.933 bits per heavy atom. The SMILES string of the molecule is CCCN(CCC)/C(=C/Cl)N(CC)CC. The maximum absolute atomic E-state index is 5.94. The first kappa shape index (κ1) is 14.6. The highest BCUT2D eigenvalue weighted by Crippen LogP contribution is 2.13. The van der Waals surface area contributed by atoms with E-state index < -0.39 is 0 Å². The maximum atomic E-state index is 5.94. The van der Waals surface area contributed by atoms with Gasteiger partial charge in [0.25, 0.3) is 0 Å². The molecule has 0 saturated heterocycles. The molecule has 0 unspecified atom stereocenters. The molecule has 0 aromatic carbocycles. The molecule has 0 aromatic rings. The Labute approximate surface area is 99.9 Å². The number of hydrogen-bond acceptors (Lipinski definition) is 2. The number of hydrogen-bond donors (Lipinski definition) is 0. The fourth-order valence-corrected chi connectivity index (χ4v) is 2.04. The molecule has 3 heteroatoms. The zero-order chi connectivity index (χ0) is 11.7. The highest BCUT2D eigenvalue weighted by Gasteiger charge is 2.12. The molecule has 0 N–H and O–H groups in total. The lowest BCUT2D eigenvalue weighted by atomic mass is 10.3. The molecular formula is C12H25ClN2. The summed E-state index contributed by atoms with van der Waals surface area (Å²) < 4.78 is 0. The van der Waals surface area contributed by atoms with Crippen molar-refractivity contribution in [1.82, 2.24) is 9.80 Å². The first-order valence-corrected chi connectivity index (χ1v) is 6.48. The molecule has 90 valence electrons. The van der Waals surface area contributed by atoms with E-state index in [-0.39, 0.29) is 0 Å². The van der Waals surface area contributed by atoms with Gasteiger partial charge in [0.2, 0.25) is 0 Å². The lowest BCUT2D eigenvalue weighted by Gasteiger charge is -2.34. The molecule has 0 aliphatic rings. The fourth-order valence-electron chi connectivity index (χ4n) is 1.77. The van der Waals surface area contributed by atoms with Gasteiger partial charge >= 0.3 is 0 Å². The second kappa shape index (κ2) is 8.90. The van der Waals surface area contributed by atoms with Crippen molar-refractivity contribution in [3.8, 4) is 0 Å². The maximum Gasteiger partial charge on any atom is 0.115 e. The first-order valence-electron chi connectivity index (χ1n) is 6.05. The summed E-state index contributed by atoms with van der Waals surface area (Å²) in [6, 6.07) is 0. The Kier molecular flexibility index (Phi) is 8.68. The van der Waals surface area contributed by atoms with Crippen LogP contribution in [0.5, 0.6) is 0 Å². The highest BCUT2D eigenvalue weighted by atomic mass is 35.5. The predicted octanol–water partition coefficient (Wildman–Crippen LogP) is 3.49. The van der Waals surface area contributed by atoms with Gasteiger partial charge in [-0.25, -0.2) is 0 Å². The summed E-state index contributed by atoms with van der Waals surface area (Å²) in [5.74, 6) is 1.17. The molecule has 0 amide bonds. The summed E-state index contributed by atoms with van der Waals surface area (Å²) in [6.07, 6.45) is 2.32. The van der Waals surface area contributed by atoms with Gasteiger partial charge in [-0.05, 0) is 26.7 Å². The molecule has 0 fully saturated rings. The average Bonchev–Trinajstić information content (AvgIpc) is 2.25. The minimum absolute atomic E-state index is 1.01. The molecule has 0 rings (SSSR count). The van der Waals surface area contributed by atoms with Crippen LogP contribution in [-0.4, -0.2) is 36.0 Å².